The van der Waals surface area contributed by atoms with Crippen LogP contribution in [0.2, 0.25) is 0 Å². The predicted molar refractivity (Wildman–Crippen MR) is 81.1 cm³/mol. The number of thioether (sulfide) groups is 1. The van der Waals surface area contributed by atoms with Crippen LogP contribution in [0.15, 0.2) is 58.7 Å². The molecule has 0 aliphatic carbocycles. The molecule has 22 heavy (non-hydrogen) atoms. The first-order chi connectivity index (χ1) is 10.8. The van der Waals surface area contributed by atoms with Crippen LogP contribution >= 0.6 is 11.8 Å². The molecule has 3 heterocycles. The number of anilines is 1. The van der Waals surface area contributed by atoms with Crippen molar-refractivity contribution in [3.05, 3.63) is 49.1 Å². The van der Waals surface area contributed by atoms with E-state index in [1.165, 1.54) is 11.8 Å². The molecule has 3 rings (SSSR count). The van der Waals surface area contributed by atoms with E-state index in [4.69, 9.17) is 4.42 Å². The van der Waals surface area contributed by atoms with Gasteiger partial charge in [-0.25, -0.2) is 0 Å². The number of hydrogen-bond donors (Lipinski definition) is 1. The van der Waals surface area contributed by atoms with E-state index < -0.39 is 0 Å². The van der Waals surface area contributed by atoms with Crippen LogP contribution in [0.4, 0.5) is 5.69 Å². The van der Waals surface area contributed by atoms with E-state index in [0.717, 1.165) is 5.56 Å². The molecule has 110 valence electrons. The summed E-state index contributed by atoms with van der Waals surface area (Å²) >= 11 is 1.17. The van der Waals surface area contributed by atoms with Crippen LogP contribution in [0.25, 0.3) is 11.5 Å². The molecular formula is C14H11N5O2S. The van der Waals surface area contributed by atoms with Crippen LogP contribution in [0.5, 0.6) is 0 Å². The Morgan fingerprint density at radius 3 is 2.77 bits per heavy atom. The summed E-state index contributed by atoms with van der Waals surface area (Å²) in [4.78, 5) is 19.7. The first-order valence-electron chi connectivity index (χ1n) is 6.38. The van der Waals surface area contributed by atoms with Gasteiger partial charge < -0.3 is 9.73 Å². The molecular weight excluding hydrogens is 302 g/mol. The Bertz CT molecular complexity index is 748. The van der Waals surface area contributed by atoms with Crippen molar-refractivity contribution >= 4 is 23.4 Å². The third kappa shape index (κ3) is 3.67. The molecule has 0 saturated heterocycles. The zero-order valence-corrected chi connectivity index (χ0v) is 12.2. The zero-order chi connectivity index (χ0) is 15.2. The van der Waals surface area contributed by atoms with Gasteiger partial charge in [0.25, 0.3) is 5.22 Å². The summed E-state index contributed by atoms with van der Waals surface area (Å²) < 4.78 is 5.48. The van der Waals surface area contributed by atoms with E-state index in [0.29, 0.717) is 16.8 Å². The van der Waals surface area contributed by atoms with E-state index in [1.54, 1.807) is 43.0 Å². The van der Waals surface area contributed by atoms with Crippen molar-refractivity contribution in [2.45, 2.75) is 5.22 Å². The fourth-order valence-corrected chi connectivity index (χ4v) is 2.20. The van der Waals surface area contributed by atoms with Crippen LogP contribution in [-0.4, -0.2) is 31.8 Å². The van der Waals surface area contributed by atoms with Gasteiger partial charge in [-0.1, -0.05) is 11.8 Å². The molecule has 0 atom stereocenters. The Balaban J connectivity index is 1.56. The maximum atomic E-state index is 11.8. The molecule has 0 bridgehead atoms. The molecule has 0 unspecified atom stereocenters. The average molecular weight is 313 g/mol. The Hall–Kier alpha value is -2.74. The summed E-state index contributed by atoms with van der Waals surface area (Å²) in [6.45, 7) is 0. The number of nitrogens with zero attached hydrogens (tertiary/aromatic N) is 4. The molecule has 0 aliphatic rings. The number of nitrogens with one attached hydrogen (secondary N) is 1. The second-order valence-electron chi connectivity index (χ2n) is 4.19. The first kappa shape index (κ1) is 14.2. The lowest BCUT2D eigenvalue weighted by Crippen LogP contribution is -2.13. The van der Waals surface area contributed by atoms with E-state index in [9.17, 15) is 4.79 Å². The standard InChI is InChI=1S/C14H11N5O2S/c20-12(17-11-3-6-15-7-4-11)9-22-14-19-18-13(21-14)10-2-1-5-16-8-10/h1-8H,9H2,(H,15,17,20). The molecule has 1 N–H and O–H groups in total. The SMILES string of the molecule is O=C(CSc1nnc(-c2cccnc2)o1)Nc1ccncc1. The lowest BCUT2D eigenvalue weighted by molar-refractivity contribution is -0.113. The smallest absolute Gasteiger partial charge is 0.277 e. The summed E-state index contributed by atoms with van der Waals surface area (Å²) in [5, 5.41) is 10.9. The molecule has 7 nitrogen and oxygen atoms in total. The molecule has 0 fully saturated rings. The number of carbonyl (C=O) groups is 1. The van der Waals surface area contributed by atoms with Gasteiger partial charge in [-0.3, -0.25) is 14.8 Å². The molecule has 3 aromatic heterocycles. The highest BCUT2D eigenvalue weighted by Gasteiger charge is 2.11. The highest BCUT2D eigenvalue weighted by Crippen LogP contribution is 2.22. The minimum absolute atomic E-state index is 0.155. The van der Waals surface area contributed by atoms with Gasteiger partial charge >= 0.3 is 0 Å². The van der Waals surface area contributed by atoms with Crippen LogP contribution in [0.3, 0.4) is 0 Å². The van der Waals surface area contributed by atoms with E-state index in [-0.39, 0.29) is 11.7 Å². The number of pyridine rings is 2. The molecule has 0 aromatic carbocycles. The first-order valence-corrected chi connectivity index (χ1v) is 7.36. The van der Waals surface area contributed by atoms with Gasteiger partial charge in [0.2, 0.25) is 11.8 Å². The Labute approximate surface area is 130 Å². The Kier molecular flexibility index (Phi) is 4.40. The van der Waals surface area contributed by atoms with Crippen molar-refractivity contribution in [2.75, 3.05) is 11.1 Å². The maximum Gasteiger partial charge on any atom is 0.277 e. The van der Waals surface area contributed by atoms with Crippen molar-refractivity contribution < 1.29 is 9.21 Å². The Morgan fingerprint density at radius 1 is 1.14 bits per heavy atom. The van der Waals surface area contributed by atoms with E-state index in [1.807, 2.05) is 6.07 Å². The highest BCUT2D eigenvalue weighted by atomic mass is 32.2. The number of aromatic nitrogens is 4. The van der Waals surface area contributed by atoms with Crippen LogP contribution in [-0.2, 0) is 4.79 Å². The van der Waals surface area contributed by atoms with Crippen molar-refractivity contribution in [1.82, 2.24) is 20.2 Å². The molecule has 3 aromatic rings. The molecule has 0 spiro atoms. The summed E-state index contributed by atoms with van der Waals surface area (Å²) in [5.41, 5.74) is 1.44. The summed E-state index contributed by atoms with van der Waals surface area (Å²) in [7, 11) is 0. The van der Waals surface area contributed by atoms with Gasteiger partial charge in [0, 0.05) is 30.5 Å². The van der Waals surface area contributed by atoms with Gasteiger partial charge in [0.1, 0.15) is 0 Å². The second-order valence-corrected chi connectivity index (χ2v) is 5.11. The van der Waals surface area contributed by atoms with Crippen LogP contribution in [0.1, 0.15) is 0 Å². The summed E-state index contributed by atoms with van der Waals surface area (Å²) in [5.74, 6) is 0.402. The van der Waals surface area contributed by atoms with Gasteiger partial charge in [0.05, 0.1) is 11.3 Å². The minimum atomic E-state index is -0.155. The number of amides is 1. The third-order valence-electron chi connectivity index (χ3n) is 2.61. The minimum Gasteiger partial charge on any atom is -0.411 e. The average Bonchev–Trinajstić information content (AvgIpc) is 3.04. The second kappa shape index (κ2) is 6.81. The third-order valence-corrected chi connectivity index (χ3v) is 3.42. The van der Waals surface area contributed by atoms with E-state index in [2.05, 4.69) is 25.5 Å². The monoisotopic (exact) mass is 313 g/mol. The van der Waals surface area contributed by atoms with Crippen LogP contribution in [0, 0.1) is 0 Å². The summed E-state index contributed by atoms with van der Waals surface area (Å²) in [6, 6.07) is 7.05. The van der Waals surface area contributed by atoms with Crippen LogP contribution < -0.4 is 5.32 Å². The lowest BCUT2D eigenvalue weighted by Gasteiger charge is -2.02. The normalized spacial score (nSPS) is 10.4. The molecule has 1 amide bonds. The molecule has 0 radical (unpaired) electrons. The molecule has 0 aliphatic heterocycles. The molecule has 0 saturated carbocycles. The fourth-order valence-electron chi connectivity index (χ4n) is 1.63. The Morgan fingerprint density at radius 2 is 2.00 bits per heavy atom. The number of rotatable bonds is 5. The summed E-state index contributed by atoms with van der Waals surface area (Å²) in [6.07, 6.45) is 6.53. The maximum absolute atomic E-state index is 11.8. The van der Waals surface area contributed by atoms with Crippen molar-refractivity contribution in [1.29, 1.82) is 0 Å². The van der Waals surface area contributed by atoms with Gasteiger partial charge in [0.15, 0.2) is 0 Å². The predicted octanol–water partition coefficient (Wildman–Crippen LogP) is 2.26. The van der Waals surface area contributed by atoms with Gasteiger partial charge in [-0.2, -0.15) is 0 Å². The fraction of sp³-hybridized carbons (Fsp3) is 0.0714. The topological polar surface area (TPSA) is 93.8 Å². The zero-order valence-electron chi connectivity index (χ0n) is 11.3. The number of hydrogen-bond acceptors (Lipinski definition) is 7. The highest BCUT2D eigenvalue weighted by molar-refractivity contribution is 7.99. The van der Waals surface area contributed by atoms with Gasteiger partial charge in [-0.15, -0.1) is 10.2 Å². The van der Waals surface area contributed by atoms with E-state index >= 15 is 0 Å². The largest absolute Gasteiger partial charge is 0.411 e. The van der Waals surface area contributed by atoms with Crippen molar-refractivity contribution in [2.24, 2.45) is 0 Å². The van der Waals surface area contributed by atoms with Crippen molar-refractivity contribution in [3.8, 4) is 11.5 Å². The van der Waals surface area contributed by atoms with Gasteiger partial charge in [-0.05, 0) is 24.3 Å². The quantitative estimate of drug-likeness (QED) is 0.722. The lowest BCUT2D eigenvalue weighted by atomic mass is 10.3. The number of carbonyl (C=O) groups excluding carboxylic acids is 1. The molecule has 8 heteroatoms. The van der Waals surface area contributed by atoms with Crippen molar-refractivity contribution in [3.63, 3.8) is 0 Å².